The molecule has 3 N–H and O–H groups in total. The molecule has 100 valence electrons. The third-order valence-corrected chi connectivity index (χ3v) is 2.09. The van der Waals surface area contributed by atoms with Crippen LogP contribution in [0.4, 0.5) is 8.78 Å². The van der Waals surface area contributed by atoms with E-state index in [9.17, 15) is 18.4 Å². The molecule has 8 heteroatoms. The van der Waals surface area contributed by atoms with Gasteiger partial charge in [0.2, 0.25) is 0 Å². The van der Waals surface area contributed by atoms with E-state index in [-0.39, 0.29) is 12.1 Å². The van der Waals surface area contributed by atoms with Gasteiger partial charge >= 0.3 is 0 Å². The average molecular weight is 262 g/mol. The van der Waals surface area contributed by atoms with Crippen LogP contribution < -0.4 is 5.56 Å². The number of pyridine rings is 1. The van der Waals surface area contributed by atoms with Crippen LogP contribution >= 0.6 is 0 Å². The lowest BCUT2D eigenvalue weighted by Crippen LogP contribution is -2.37. The minimum atomic E-state index is -2.75. The van der Waals surface area contributed by atoms with Crippen molar-refractivity contribution in [3.8, 4) is 5.88 Å². The molecule has 0 aliphatic heterocycles. The number of hydrogen-bond donors (Lipinski definition) is 3. The number of aliphatic hydroxyl groups excluding tert-OH is 1. The minimum Gasteiger partial charge on any atom is -0.494 e. The number of alkyl halides is 2. The first kappa shape index (κ1) is 14.1. The van der Waals surface area contributed by atoms with E-state index in [1.165, 1.54) is 0 Å². The first-order valence-corrected chi connectivity index (χ1v) is 5.05. The Morgan fingerprint density at radius 2 is 2.11 bits per heavy atom. The van der Waals surface area contributed by atoms with Crippen LogP contribution in [0.1, 0.15) is 10.4 Å². The molecule has 1 heterocycles. The maximum atomic E-state index is 12.3. The Balaban J connectivity index is 2.97. The molecule has 1 rings (SSSR count). The van der Waals surface area contributed by atoms with E-state index in [0.717, 1.165) is 12.1 Å². The van der Waals surface area contributed by atoms with E-state index in [1.807, 2.05) is 4.98 Å². The fourth-order valence-electron chi connectivity index (χ4n) is 1.40. The number of amides is 1. The summed E-state index contributed by atoms with van der Waals surface area (Å²) < 4.78 is 24.5. The second-order valence-corrected chi connectivity index (χ2v) is 3.48. The highest BCUT2D eigenvalue weighted by Crippen LogP contribution is 2.09. The first-order valence-electron chi connectivity index (χ1n) is 5.05. The first-order chi connectivity index (χ1) is 8.43. The Morgan fingerprint density at radius 1 is 1.44 bits per heavy atom. The molecule has 0 spiro atoms. The zero-order valence-electron chi connectivity index (χ0n) is 9.27. The largest absolute Gasteiger partial charge is 0.494 e. The number of aromatic hydroxyl groups is 1. The number of nitrogens with zero attached hydrogens (tertiary/aromatic N) is 1. The van der Waals surface area contributed by atoms with Gasteiger partial charge in [-0.05, 0) is 0 Å². The molecular formula is C10H12F2N2O4. The van der Waals surface area contributed by atoms with Crippen LogP contribution in [-0.2, 0) is 0 Å². The van der Waals surface area contributed by atoms with Gasteiger partial charge in [0.25, 0.3) is 17.9 Å². The molecule has 0 aliphatic rings. The minimum absolute atomic E-state index is 0.217. The molecular weight excluding hydrogens is 250 g/mol. The number of nitrogens with one attached hydrogen (secondary N) is 1. The predicted octanol–water partition coefficient (Wildman–Crippen LogP) is -0.220. The van der Waals surface area contributed by atoms with Gasteiger partial charge in [-0.3, -0.25) is 14.6 Å². The van der Waals surface area contributed by atoms with Crippen LogP contribution in [0.3, 0.4) is 0 Å². The van der Waals surface area contributed by atoms with Crippen molar-refractivity contribution in [2.45, 2.75) is 6.43 Å². The van der Waals surface area contributed by atoms with Gasteiger partial charge in [0.05, 0.1) is 18.7 Å². The normalized spacial score (nSPS) is 10.7. The zero-order chi connectivity index (χ0) is 13.7. The topological polar surface area (TPSA) is 93.6 Å². The van der Waals surface area contributed by atoms with Crippen LogP contribution in [0.15, 0.2) is 16.9 Å². The van der Waals surface area contributed by atoms with Crippen molar-refractivity contribution in [2.75, 3.05) is 19.7 Å². The van der Waals surface area contributed by atoms with Crippen LogP contribution in [0.5, 0.6) is 5.88 Å². The Labute approximate surface area is 100 Å². The molecule has 0 aromatic carbocycles. The molecule has 18 heavy (non-hydrogen) atoms. The molecule has 0 radical (unpaired) electrons. The third kappa shape index (κ3) is 3.81. The quantitative estimate of drug-likeness (QED) is 0.684. The van der Waals surface area contributed by atoms with Crippen molar-refractivity contribution in [1.29, 1.82) is 0 Å². The highest BCUT2D eigenvalue weighted by atomic mass is 19.3. The van der Waals surface area contributed by atoms with E-state index in [4.69, 9.17) is 10.2 Å². The van der Waals surface area contributed by atoms with Gasteiger partial charge in [-0.25, -0.2) is 8.78 Å². The number of carbonyl (C=O) groups is 1. The Hall–Kier alpha value is -1.96. The highest BCUT2D eigenvalue weighted by molar-refractivity contribution is 5.94. The third-order valence-electron chi connectivity index (χ3n) is 2.09. The van der Waals surface area contributed by atoms with Gasteiger partial charge in [-0.2, -0.15) is 0 Å². The second-order valence-electron chi connectivity index (χ2n) is 3.48. The van der Waals surface area contributed by atoms with Gasteiger partial charge < -0.3 is 15.1 Å². The summed E-state index contributed by atoms with van der Waals surface area (Å²) >= 11 is 0. The SMILES string of the molecule is O=C(c1cc(O)[nH]c(=O)c1)N(CCO)CC(F)F. The van der Waals surface area contributed by atoms with E-state index in [1.54, 1.807) is 0 Å². The molecule has 1 aromatic heterocycles. The number of H-pyrrole nitrogens is 1. The summed E-state index contributed by atoms with van der Waals surface area (Å²) in [5.41, 5.74) is -0.940. The molecule has 0 saturated carbocycles. The Kier molecular flexibility index (Phi) is 4.78. The lowest BCUT2D eigenvalue weighted by atomic mass is 10.2. The molecule has 0 bridgehead atoms. The Morgan fingerprint density at radius 3 is 2.61 bits per heavy atom. The molecule has 6 nitrogen and oxygen atoms in total. The predicted molar refractivity (Wildman–Crippen MR) is 57.7 cm³/mol. The summed E-state index contributed by atoms with van der Waals surface area (Å²) in [6.45, 7) is -1.61. The Bertz CT molecular complexity index is 475. The van der Waals surface area contributed by atoms with Crippen LogP contribution in [0, 0.1) is 0 Å². The lowest BCUT2D eigenvalue weighted by molar-refractivity contribution is 0.0508. The van der Waals surface area contributed by atoms with Crippen molar-refractivity contribution in [1.82, 2.24) is 9.88 Å². The zero-order valence-corrected chi connectivity index (χ0v) is 9.27. The summed E-state index contributed by atoms with van der Waals surface area (Å²) in [7, 11) is 0. The van der Waals surface area contributed by atoms with Gasteiger partial charge in [0.1, 0.15) is 0 Å². The van der Waals surface area contributed by atoms with Crippen LogP contribution in [-0.4, -0.2) is 52.1 Å². The van der Waals surface area contributed by atoms with E-state index >= 15 is 0 Å². The smallest absolute Gasteiger partial charge is 0.255 e. The maximum Gasteiger partial charge on any atom is 0.255 e. The van der Waals surface area contributed by atoms with Gasteiger partial charge in [-0.1, -0.05) is 0 Å². The van der Waals surface area contributed by atoms with E-state index in [0.29, 0.717) is 4.90 Å². The molecule has 1 aromatic rings. The fourth-order valence-corrected chi connectivity index (χ4v) is 1.40. The molecule has 0 fully saturated rings. The van der Waals surface area contributed by atoms with Gasteiger partial charge in [0.15, 0.2) is 5.88 Å². The number of aromatic nitrogens is 1. The number of aliphatic hydroxyl groups is 1. The van der Waals surface area contributed by atoms with Crippen molar-refractivity contribution in [3.63, 3.8) is 0 Å². The van der Waals surface area contributed by atoms with Gasteiger partial charge in [-0.15, -0.1) is 0 Å². The number of carbonyl (C=O) groups excluding carboxylic acids is 1. The summed E-state index contributed by atoms with van der Waals surface area (Å²) in [5.74, 6) is -1.39. The summed E-state index contributed by atoms with van der Waals surface area (Å²) in [4.78, 5) is 25.5. The summed E-state index contributed by atoms with van der Waals surface area (Å²) in [6, 6.07) is 1.84. The number of aromatic amines is 1. The van der Waals surface area contributed by atoms with Crippen molar-refractivity contribution in [2.24, 2.45) is 0 Å². The maximum absolute atomic E-state index is 12.3. The van der Waals surface area contributed by atoms with E-state index in [2.05, 4.69) is 0 Å². The molecule has 0 unspecified atom stereocenters. The number of halogens is 2. The number of rotatable bonds is 5. The average Bonchev–Trinajstić information content (AvgIpc) is 2.25. The lowest BCUT2D eigenvalue weighted by Gasteiger charge is -2.21. The van der Waals surface area contributed by atoms with E-state index < -0.39 is 36.9 Å². The molecule has 0 aliphatic carbocycles. The van der Waals surface area contributed by atoms with Crippen molar-refractivity contribution >= 4 is 5.91 Å². The summed E-state index contributed by atoms with van der Waals surface area (Å²) in [6.07, 6.45) is -2.75. The highest BCUT2D eigenvalue weighted by Gasteiger charge is 2.20. The van der Waals surface area contributed by atoms with Crippen LogP contribution in [0.2, 0.25) is 0 Å². The van der Waals surface area contributed by atoms with Gasteiger partial charge in [0, 0.05) is 18.7 Å². The molecule has 0 atom stereocenters. The van der Waals surface area contributed by atoms with Crippen molar-refractivity contribution in [3.05, 3.63) is 28.0 Å². The fraction of sp³-hybridized carbons (Fsp3) is 0.400. The molecule has 1 amide bonds. The van der Waals surface area contributed by atoms with Crippen LogP contribution in [0.25, 0.3) is 0 Å². The summed E-state index contributed by atoms with van der Waals surface area (Å²) in [5, 5.41) is 17.8. The molecule has 0 saturated heterocycles. The number of hydrogen-bond acceptors (Lipinski definition) is 4. The monoisotopic (exact) mass is 262 g/mol. The standard InChI is InChI=1S/C10H12F2N2O4/c11-7(12)5-14(1-2-15)10(18)6-3-8(16)13-9(17)4-6/h3-4,7,15H,1-2,5H2,(H2,13,16,17). The van der Waals surface area contributed by atoms with Crippen molar-refractivity contribution < 1.29 is 23.8 Å². The second kappa shape index (κ2) is 6.10.